The van der Waals surface area contributed by atoms with Gasteiger partial charge >= 0.3 is 0 Å². The molecular formula is C15H24N4O. The third kappa shape index (κ3) is 4.58. The van der Waals surface area contributed by atoms with E-state index in [1.807, 2.05) is 29.9 Å². The molecule has 2 rings (SSSR count). The van der Waals surface area contributed by atoms with Gasteiger partial charge in [0.25, 0.3) is 0 Å². The number of ether oxygens (including phenoxy) is 1. The molecule has 0 spiro atoms. The van der Waals surface area contributed by atoms with Gasteiger partial charge in [0.05, 0.1) is 12.3 Å². The van der Waals surface area contributed by atoms with E-state index in [1.54, 1.807) is 0 Å². The Morgan fingerprint density at radius 3 is 3.00 bits per heavy atom. The lowest BCUT2D eigenvalue weighted by atomic mass is 10.1. The molecule has 0 aliphatic heterocycles. The van der Waals surface area contributed by atoms with E-state index < -0.39 is 0 Å². The highest BCUT2D eigenvalue weighted by Crippen LogP contribution is 2.04. The Balaban J connectivity index is 1.68. The third-order valence-electron chi connectivity index (χ3n) is 3.08. The second kappa shape index (κ2) is 7.36. The fourth-order valence-electron chi connectivity index (χ4n) is 1.92. The van der Waals surface area contributed by atoms with Gasteiger partial charge in [-0.2, -0.15) is 5.10 Å². The number of nitrogens with one attached hydrogen (secondary N) is 1. The maximum atomic E-state index is 5.56. The molecule has 110 valence electrons. The van der Waals surface area contributed by atoms with E-state index in [-0.39, 0.29) is 0 Å². The van der Waals surface area contributed by atoms with Crippen LogP contribution in [0.3, 0.4) is 0 Å². The zero-order valence-electron chi connectivity index (χ0n) is 12.6. The molecule has 0 bridgehead atoms. The number of hydrogen-bond donors (Lipinski definition) is 1. The molecule has 0 unspecified atom stereocenters. The molecule has 0 aliphatic rings. The van der Waals surface area contributed by atoms with E-state index in [4.69, 9.17) is 4.74 Å². The first kappa shape index (κ1) is 14.9. The lowest BCUT2D eigenvalue weighted by Crippen LogP contribution is -2.20. The van der Waals surface area contributed by atoms with Crippen molar-refractivity contribution in [2.45, 2.75) is 33.7 Å². The van der Waals surface area contributed by atoms with Gasteiger partial charge in [0.15, 0.2) is 5.65 Å². The van der Waals surface area contributed by atoms with Crippen molar-refractivity contribution in [3.63, 3.8) is 0 Å². The Labute approximate surface area is 120 Å². The summed E-state index contributed by atoms with van der Waals surface area (Å²) in [6, 6.07) is 1.97. The lowest BCUT2D eigenvalue weighted by molar-refractivity contribution is 0.125. The molecule has 2 aromatic rings. The molecule has 0 saturated heterocycles. The van der Waals surface area contributed by atoms with Gasteiger partial charge in [-0.05, 0) is 19.3 Å². The van der Waals surface area contributed by atoms with Gasteiger partial charge in [-0.3, -0.25) is 0 Å². The quantitative estimate of drug-likeness (QED) is 0.751. The summed E-state index contributed by atoms with van der Waals surface area (Å²) in [6.45, 7) is 9.64. The van der Waals surface area contributed by atoms with E-state index in [0.717, 1.165) is 49.6 Å². The summed E-state index contributed by atoms with van der Waals surface area (Å²) < 4.78 is 7.39. The Kier molecular flexibility index (Phi) is 5.49. The average molecular weight is 276 g/mol. The van der Waals surface area contributed by atoms with Crippen molar-refractivity contribution < 1.29 is 4.74 Å². The van der Waals surface area contributed by atoms with Crippen LogP contribution in [0.5, 0.6) is 0 Å². The van der Waals surface area contributed by atoms with E-state index in [9.17, 15) is 0 Å². The Bertz CT molecular complexity index is 536. The number of aryl methyl sites for hydroxylation is 1. The van der Waals surface area contributed by atoms with Gasteiger partial charge in [-0.1, -0.05) is 13.8 Å². The topological polar surface area (TPSA) is 51.5 Å². The van der Waals surface area contributed by atoms with Gasteiger partial charge in [-0.15, -0.1) is 0 Å². The summed E-state index contributed by atoms with van der Waals surface area (Å²) >= 11 is 0. The first-order valence-corrected chi connectivity index (χ1v) is 7.24. The molecule has 20 heavy (non-hydrogen) atoms. The number of aromatic nitrogens is 3. The minimum Gasteiger partial charge on any atom is -0.380 e. The summed E-state index contributed by atoms with van der Waals surface area (Å²) in [7, 11) is 0. The molecule has 5 heteroatoms. The summed E-state index contributed by atoms with van der Waals surface area (Å²) in [6.07, 6.45) is 5.03. The van der Waals surface area contributed by atoms with E-state index in [2.05, 4.69) is 29.2 Å². The molecule has 2 heterocycles. The molecular weight excluding hydrogens is 252 g/mol. The molecule has 2 aromatic heterocycles. The molecule has 0 fully saturated rings. The van der Waals surface area contributed by atoms with Crippen LogP contribution in [0.2, 0.25) is 0 Å². The normalized spacial score (nSPS) is 11.6. The van der Waals surface area contributed by atoms with Crippen LogP contribution in [0.4, 0.5) is 0 Å². The summed E-state index contributed by atoms with van der Waals surface area (Å²) in [4.78, 5) is 4.38. The smallest absolute Gasteiger partial charge is 0.155 e. The van der Waals surface area contributed by atoms with Crippen LogP contribution in [-0.4, -0.2) is 34.4 Å². The van der Waals surface area contributed by atoms with Gasteiger partial charge in [0, 0.05) is 43.7 Å². The Hall–Kier alpha value is -1.46. The summed E-state index contributed by atoms with van der Waals surface area (Å²) in [5.74, 6) is 0.707. The van der Waals surface area contributed by atoms with Crippen LogP contribution in [-0.2, 0) is 11.3 Å². The minimum atomic E-state index is 0.707. The van der Waals surface area contributed by atoms with Crippen LogP contribution < -0.4 is 5.32 Å². The second-order valence-corrected chi connectivity index (χ2v) is 5.52. The van der Waals surface area contributed by atoms with Crippen molar-refractivity contribution in [2.24, 2.45) is 5.92 Å². The van der Waals surface area contributed by atoms with Gasteiger partial charge in [0.1, 0.15) is 0 Å². The molecule has 0 aromatic carbocycles. The molecule has 0 atom stereocenters. The molecule has 0 aliphatic carbocycles. The molecule has 0 saturated carbocycles. The minimum absolute atomic E-state index is 0.707. The number of nitrogens with zero attached hydrogens (tertiary/aromatic N) is 3. The van der Waals surface area contributed by atoms with Gasteiger partial charge < -0.3 is 10.1 Å². The van der Waals surface area contributed by atoms with Crippen molar-refractivity contribution in [1.82, 2.24) is 19.9 Å². The van der Waals surface area contributed by atoms with Crippen LogP contribution >= 0.6 is 0 Å². The number of rotatable bonds is 8. The van der Waals surface area contributed by atoms with Crippen molar-refractivity contribution in [3.8, 4) is 0 Å². The van der Waals surface area contributed by atoms with Crippen molar-refractivity contribution in [3.05, 3.63) is 29.7 Å². The number of fused-ring (bicyclic) bond motifs is 1. The largest absolute Gasteiger partial charge is 0.380 e. The van der Waals surface area contributed by atoms with Crippen molar-refractivity contribution in [1.29, 1.82) is 0 Å². The van der Waals surface area contributed by atoms with Gasteiger partial charge in [0.2, 0.25) is 0 Å². The fourth-order valence-corrected chi connectivity index (χ4v) is 1.92. The summed E-state index contributed by atoms with van der Waals surface area (Å²) in [5, 5.41) is 7.72. The van der Waals surface area contributed by atoms with Crippen LogP contribution in [0.1, 0.15) is 31.5 Å². The maximum absolute atomic E-state index is 5.56. The molecule has 5 nitrogen and oxygen atoms in total. The molecule has 0 radical (unpaired) electrons. The zero-order valence-corrected chi connectivity index (χ0v) is 12.6. The van der Waals surface area contributed by atoms with E-state index >= 15 is 0 Å². The lowest BCUT2D eigenvalue weighted by Gasteiger charge is -2.07. The van der Waals surface area contributed by atoms with Crippen LogP contribution in [0.25, 0.3) is 5.65 Å². The van der Waals surface area contributed by atoms with E-state index in [0.29, 0.717) is 5.92 Å². The zero-order chi connectivity index (χ0) is 14.4. The highest BCUT2D eigenvalue weighted by atomic mass is 16.5. The van der Waals surface area contributed by atoms with Crippen molar-refractivity contribution in [2.75, 3.05) is 19.8 Å². The first-order chi connectivity index (χ1) is 9.65. The van der Waals surface area contributed by atoms with Crippen LogP contribution in [0.15, 0.2) is 18.5 Å². The second-order valence-electron chi connectivity index (χ2n) is 5.52. The molecule has 1 N–H and O–H groups in total. The highest BCUT2D eigenvalue weighted by Gasteiger charge is 2.00. The van der Waals surface area contributed by atoms with Gasteiger partial charge in [-0.25, -0.2) is 9.50 Å². The predicted octanol–water partition coefficient (Wildman–Crippen LogP) is 2.19. The standard InChI is InChI=1S/C15H24N4O/c1-12(2)4-6-20-7-5-16-9-14-10-17-15-8-13(3)18-19(15)11-14/h8,10-12,16H,4-7,9H2,1-3H3. The monoisotopic (exact) mass is 276 g/mol. The summed E-state index contributed by atoms with van der Waals surface area (Å²) in [5.41, 5.74) is 3.01. The van der Waals surface area contributed by atoms with E-state index in [1.165, 1.54) is 0 Å². The Morgan fingerprint density at radius 2 is 2.20 bits per heavy atom. The number of hydrogen-bond acceptors (Lipinski definition) is 4. The third-order valence-corrected chi connectivity index (χ3v) is 3.08. The van der Waals surface area contributed by atoms with Crippen LogP contribution in [0, 0.1) is 12.8 Å². The predicted molar refractivity (Wildman–Crippen MR) is 79.7 cm³/mol. The fraction of sp³-hybridized carbons (Fsp3) is 0.600. The highest BCUT2D eigenvalue weighted by molar-refractivity contribution is 5.38. The van der Waals surface area contributed by atoms with Crippen molar-refractivity contribution >= 4 is 5.65 Å². The first-order valence-electron chi connectivity index (χ1n) is 7.24. The average Bonchev–Trinajstić information content (AvgIpc) is 2.76. The maximum Gasteiger partial charge on any atom is 0.155 e. The molecule has 0 amide bonds. The SMILES string of the molecule is Cc1cc2ncc(CNCCOCCC(C)C)cn2n1. The Morgan fingerprint density at radius 1 is 1.35 bits per heavy atom.